The number of piperidine rings is 1. The standard InChI is InChI=1S/C20H22F5N3O3S/c21-19(22)8-10-28(11-9-19)32(29,30)16-12-14(6-7-15(16)20(23,24)25)18-26-17(27-31-18)13-4-2-1-3-5-13/h6-7,12-13H,1-5,8-11H2. The lowest BCUT2D eigenvalue weighted by Gasteiger charge is -2.31. The Labute approximate surface area is 181 Å². The Hall–Kier alpha value is -2.08. The van der Waals surface area contributed by atoms with Crippen LogP contribution in [0.15, 0.2) is 27.6 Å². The predicted octanol–water partition coefficient (Wildman–Crippen LogP) is 5.22. The molecule has 12 heteroatoms. The highest BCUT2D eigenvalue weighted by atomic mass is 32.2. The summed E-state index contributed by atoms with van der Waals surface area (Å²) in [6.45, 7) is -1.13. The molecule has 1 aliphatic carbocycles. The molecule has 0 radical (unpaired) electrons. The number of alkyl halides is 5. The minimum absolute atomic E-state index is 0.0217. The van der Waals surface area contributed by atoms with E-state index in [9.17, 15) is 30.4 Å². The molecule has 2 aromatic rings. The van der Waals surface area contributed by atoms with Gasteiger partial charge in [0.1, 0.15) is 0 Å². The van der Waals surface area contributed by atoms with Crippen molar-refractivity contribution in [2.75, 3.05) is 13.1 Å². The van der Waals surface area contributed by atoms with E-state index in [2.05, 4.69) is 10.1 Å². The zero-order chi connectivity index (χ0) is 23.1. The topological polar surface area (TPSA) is 76.3 Å². The third-order valence-corrected chi connectivity index (χ3v) is 7.96. The lowest BCUT2D eigenvalue weighted by Crippen LogP contribution is -2.43. The van der Waals surface area contributed by atoms with Gasteiger partial charge in [-0.25, -0.2) is 17.2 Å². The van der Waals surface area contributed by atoms with Crippen molar-refractivity contribution >= 4 is 10.0 Å². The van der Waals surface area contributed by atoms with Crippen LogP contribution in [-0.2, 0) is 16.2 Å². The molecule has 0 unspecified atom stereocenters. The first kappa shape index (κ1) is 23.1. The van der Waals surface area contributed by atoms with E-state index in [1.807, 2.05) is 0 Å². The fraction of sp³-hybridized carbons (Fsp3) is 0.600. The third kappa shape index (κ3) is 4.66. The first-order valence-corrected chi connectivity index (χ1v) is 11.8. The SMILES string of the molecule is O=S(=O)(c1cc(-c2nc(C3CCCCC3)no2)ccc1C(F)(F)F)N1CCC(F)(F)CC1. The average molecular weight is 479 g/mol. The Morgan fingerprint density at radius 3 is 2.34 bits per heavy atom. The molecule has 1 aliphatic heterocycles. The zero-order valence-corrected chi connectivity index (χ0v) is 17.9. The van der Waals surface area contributed by atoms with Crippen LogP contribution in [-0.4, -0.2) is 41.9 Å². The molecule has 32 heavy (non-hydrogen) atoms. The molecule has 2 aliphatic rings. The van der Waals surface area contributed by atoms with Gasteiger partial charge in [-0.15, -0.1) is 0 Å². The van der Waals surface area contributed by atoms with Crippen molar-refractivity contribution in [2.45, 2.75) is 67.9 Å². The Morgan fingerprint density at radius 2 is 1.72 bits per heavy atom. The minimum atomic E-state index is -4.96. The molecule has 1 saturated carbocycles. The Kier molecular flexibility index (Phi) is 6.03. The molecule has 0 amide bonds. The van der Waals surface area contributed by atoms with Crippen LogP contribution >= 0.6 is 0 Å². The summed E-state index contributed by atoms with van der Waals surface area (Å²) in [6.07, 6.45) is -1.54. The quantitative estimate of drug-likeness (QED) is 0.562. The number of benzene rings is 1. The van der Waals surface area contributed by atoms with Crippen molar-refractivity contribution in [3.05, 3.63) is 29.6 Å². The van der Waals surface area contributed by atoms with Gasteiger partial charge in [0.25, 0.3) is 11.8 Å². The molecular weight excluding hydrogens is 457 g/mol. The van der Waals surface area contributed by atoms with Crippen molar-refractivity contribution in [2.24, 2.45) is 0 Å². The largest absolute Gasteiger partial charge is 0.417 e. The predicted molar refractivity (Wildman–Crippen MR) is 104 cm³/mol. The van der Waals surface area contributed by atoms with E-state index in [0.717, 1.165) is 44.2 Å². The second-order valence-electron chi connectivity index (χ2n) is 8.26. The van der Waals surface area contributed by atoms with Gasteiger partial charge >= 0.3 is 6.18 Å². The van der Waals surface area contributed by atoms with E-state index >= 15 is 0 Å². The highest BCUT2D eigenvalue weighted by Crippen LogP contribution is 2.39. The maximum absolute atomic E-state index is 13.6. The molecule has 2 heterocycles. The molecule has 2 fully saturated rings. The first-order valence-electron chi connectivity index (χ1n) is 10.4. The number of sulfonamides is 1. The van der Waals surface area contributed by atoms with Crippen molar-refractivity contribution in [1.82, 2.24) is 14.4 Å². The lowest BCUT2D eigenvalue weighted by atomic mass is 9.89. The highest BCUT2D eigenvalue weighted by Gasteiger charge is 2.43. The summed E-state index contributed by atoms with van der Waals surface area (Å²) in [5, 5.41) is 3.93. The smallest absolute Gasteiger partial charge is 0.334 e. The second-order valence-corrected chi connectivity index (χ2v) is 10.2. The number of halogens is 5. The molecule has 6 nitrogen and oxygen atoms in total. The van der Waals surface area contributed by atoms with Gasteiger partial charge in [-0.1, -0.05) is 24.4 Å². The Bertz CT molecular complexity index is 1070. The third-order valence-electron chi connectivity index (χ3n) is 6.02. The summed E-state index contributed by atoms with van der Waals surface area (Å²) in [5.74, 6) is -2.59. The molecule has 4 rings (SSSR count). The van der Waals surface area contributed by atoms with Gasteiger partial charge in [-0.2, -0.15) is 22.5 Å². The van der Waals surface area contributed by atoms with Gasteiger partial charge in [0.15, 0.2) is 5.82 Å². The fourth-order valence-electron chi connectivity index (χ4n) is 4.17. The van der Waals surface area contributed by atoms with Crippen LogP contribution in [0.3, 0.4) is 0 Å². The summed E-state index contributed by atoms with van der Waals surface area (Å²) in [7, 11) is -4.68. The zero-order valence-electron chi connectivity index (χ0n) is 17.0. The molecule has 1 saturated heterocycles. The van der Waals surface area contributed by atoms with Gasteiger partial charge < -0.3 is 4.52 Å². The second kappa shape index (κ2) is 8.36. The van der Waals surface area contributed by atoms with Crippen LogP contribution < -0.4 is 0 Å². The van der Waals surface area contributed by atoms with Gasteiger partial charge in [0, 0.05) is 37.4 Å². The molecule has 176 valence electrons. The van der Waals surface area contributed by atoms with E-state index in [1.165, 1.54) is 0 Å². The van der Waals surface area contributed by atoms with Crippen LogP contribution in [0.5, 0.6) is 0 Å². The normalized spacial score (nSPS) is 21.0. The van der Waals surface area contributed by atoms with E-state index in [-0.39, 0.29) is 17.4 Å². The minimum Gasteiger partial charge on any atom is -0.334 e. The summed E-state index contributed by atoms with van der Waals surface area (Å²) >= 11 is 0. The number of rotatable bonds is 4. The molecule has 1 aromatic heterocycles. The molecule has 0 N–H and O–H groups in total. The summed E-state index contributed by atoms with van der Waals surface area (Å²) < 4.78 is 99.6. The summed E-state index contributed by atoms with van der Waals surface area (Å²) in [4.78, 5) is 3.27. The molecule has 0 spiro atoms. The van der Waals surface area contributed by atoms with Crippen molar-refractivity contribution in [1.29, 1.82) is 0 Å². The van der Waals surface area contributed by atoms with Gasteiger partial charge in [0.2, 0.25) is 10.0 Å². The lowest BCUT2D eigenvalue weighted by molar-refractivity contribution is -0.140. The maximum Gasteiger partial charge on any atom is 0.417 e. The van der Waals surface area contributed by atoms with E-state index in [1.54, 1.807) is 0 Å². The van der Waals surface area contributed by atoms with Crippen LogP contribution in [0.2, 0.25) is 0 Å². The maximum atomic E-state index is 13.6. The number of nitrogens with zero attached hydrogens (tertiary/aromatic N) is 3. The van der Waals surface area contributed by atoms with Crippen LogP contribution in [0.4, 0.5) is 22.0 Å². The average Bonchev–Trinajstić information content (AvgIpc) is 3.23. The van der Waals surface area contributed by atoms with E-state index < -0.39 is 58.5 Å². The monoisotopic (exact) mass is 479 g/mol. The van der Waals surface area contributed by atoms with E-state index in [4.69, 9.17) is 4.52 Å². The van der Waals surface area contributed by atoms with Crippen LogP contribution in [0, 0.1) is 0 Å². The summed E-state index contributed by atoms with van der Waals surface area (Å²) in [6, 6.07) is 2.55. The van der Waals surface area contributed by atoms with Crippen LogP contribution in [0.25, 0.3) is 11.5 Å². The highest BCUT2D eigenvalue weighted by molar-refractivity contribution is 7.89. The van der Waals surface area contributed by atoms with Gasteiger partial charge in [-0.3, -0.25) is 0 Å². The van der Waals surface area contributed by atoms with Crippen LogP contribution in [0.1, 0.15) is 62.3 Å². The molecular formula is C20H22F5N3O3S. The van der Waals surface area contributed by atoms with Gasteiger partial charge in [-0.05, 0) is 31.0 Å². The fourth-order valence-corrected chi connectivity index (χ4v) is 5.85. The molecule has 0 bridgehead atoms. The summed E-state index contributed by atoms with van der Waals surface area (Å²) in [5.41, 5.74) is -1.35. The number of hydrogen-bond donors (Lipinski definition) is 0. The number of aromatic nitrogens is 2. The Morgan fingerprint density at radius 1 is 1.06 bits per heavy atom. The van der Waals surface area contributed by atoms with Gasteiger partial charge in [0.05, 0.1) is 10.5 Å². The first-order chi connectivity index (χ1) is 15.0. The van der Waals surface area contributed by atoms with Crippen molar-refractivity contribution in [3.63, 3.8) is 0 Å². The van der Waals surface area contributed by atoms with Crippen molar-refractivity contribution in [3.8, 4) is 11.5 Å². The molecule has 1 aromatic carbocycles. The van der Waals surface area contributed by atoms with Crippen molar-refractivity contribution < 1.29 is 34.9 Å². The Balaban J connectivity index is 1.70. The molecule has 0 atom stereocenters. The van der Waals surface area contributed by atoms with E-state index in [0.29, 0.717) is 16.2 Å². The number of hydrogen-bond acceptors (Lipinski definition) is 5.